The molecule has 0 saturated carbocycles. The average Bonchev–Trinajstić information content (AvgIpc) is 2.84. The second-order valence-electron chi connectivity index (χ2n) is 8.64. The molecule has 2 N–H and O–H groups in total. The topological polar surface area (TPSA) is 130 Å². The van der Waals surface area contributed by atoms with Gasteiger partial charge < -0.3 is 0 Å². The van der Waals surface area contributed by atoms with Crippen molar-refractivity contribution in [2.75, 3.05) is 26.2 Å². The Kier molecular flexibility index (Phi) is 14.5. The van der Waals surface area contributed by atoms with Crippen LogP contribution in [0.3, 0.4) is 0 Å². The Labute approximate surface area is 276 Å². The summed E-state index contributed by atoms with van der Waals surface area (Å²) in [4.78, 5) is 0.162. The van der Waals surface area contributed by atoms with E-state index in [-0.39, 0.29) is 100.0 Å². The van der Waals surface area contributed by atoms with E-state index in [1.165, 1.54) is 36.4 Å². The summed E-state index contributed by atoms with van der Waals surface area (Å²) >= 11 is 0. The molecule has 0 atom stereocenters. The van der Waals surface area contributed by atoms with E-state index in [1.54, 1.807) is 36.4 Å². The van der Waals surface area contributed by atoms with Crippen LogP contribution in [0, 0.1) is 20.8 Å². The zero-order valence-electron chi connectivity index (χ0n) is 22.9. The van der Waals surface area contributed by atoms with Gasteiger partial charge in [-0.05, 0) is 57.2 Å². The Hall–Kier alpha value is -0.610. The van der Waals surface area contributed by atoms with Gasteiger partial charge in [-0.15, -0.1) is 0 Å². The Balaban J connectivity index is 0.00000380. The molecule has 0 amide bonds. The average molecular weight is 612 g/mol. The minimum Gasteiger partial charge on any atom is -0.210 e. The molecule has 39 heavy (non-hydrogen) atoms. The normalized spacial score (nSPS) is 12.0. The molecule has 0 spiro atoms. The first-order valence-electron chi connectivity index (χ1n) is 11.5. The van der Waals surface area contributed by atoms with Crippen LogP contribution in [0.15, 0.2) is 87.5 Å². The van der Waals surface area contributed by atoms with Gasteiger partial charge in [-0.1, -0.05) is 53.1 Å². The summed E-state index contributed by atoms with van der Waals surface area (Å²) in [6.45, 7) is 4.70. The summed E-state index contributed by atoms with van der Waals surface area (Å²) in [7, 11) is -11.7. The molecule has 0 heterocycles. The fourth-order valence-electron chi connectivity index (χ4n) is 3.42. The van der Waals surface area contributed by atoms with Gasteiger partial charge in [0.2, 0.25) is 30.1 Å². The standard InChI is InChI=1S/C25H31N3O6S3.2Na/c1-20-4-10-23(11-5-20)35(29,30)26-16-18-28(37(33,34)25-14-8-22(3)9-15-25)19-17-27-36(31,32)24-12-6-21(2)7-13-24;;/h4-15,26-27H,16-19H2,1-3H3;;/q;2*+1. The van der Waals surface area contributed by atoms with E-state index in [2.05, 4.69) is 9.44 Å². The van der Waals surface area contributed by atoms with Gasteiger partial charge in [-0.3, -0.25) is 0 Å². The minimum atomic E-state index is -4.03. The molecule has 0 aromatic heterocycles. The van der Waals surface area contributed by atoms with Crippen LogP contribution in [0.5, 0.6) is 0 Å². The van der Waals surface area contributed by atoms with Gasteiger partial charge in [0, 0.05) is 26.2 Å². The molecule has 0 fully saturated rings. The summed E-state index contributed by atoms with van der Waals surface area (Å²) in [5.41, 5.74) is 2.69. The number of hydrogen-bond donors (Lipinski definition) is 2. The second kappa shape index (κ2) is 15.6. The molecule has 3 aromatic rings. The Bertz CT molecular complexity index is 1450. The molecular formula is C25H31N3Na2O6S3+2. The molecule has 0 saturated heterocycles. The third-order valence-corrected chi connectivity index (χ3v) is 10.5. The van der Waals surface area contributed by atoms with Crippen LogP contribution in [0.25, 0.3) is 0 Å². The van der Waals surface area contributed by atoms with Crippen molar-refractivity contribution in [2.24, 2.45) is 0 Å². The number of aryl methyl sites for hydroxylation is 3. The molecule has 0 unspecified atom stereocenters. The number of rotatable bonds is 12. The number of nitrogens with zero attached hydrogens (tertiary/aromatic N) is 1. The summed E-state index contributed by atoms with van der Waals surface area (Å²) in [5.74, 6) is 0. The largest absolute Gasteiger partial charge is 1.00 e. The van der Waals surface area contributed by atoms with Crippen molar-refractivity contribution in [2.45, 2.75) is 35.5 Å². The van der Waals surface area contributed by atoms with Crippen LogP contribution in [-0.4, -0.2) is 55.7 Å². The van der Waals surface area contributed by atoms with Crippen LogP contribution in [0.4, 0.5) is 0 Å². The van der Waals surface area contributed by atoms with E-state index < -0.39 is 30.1 Å². The first-order valence-corrected chi connectivity index (χ1v) is 15.9. The summed E-state index contributed by atoms with van der Waals surface area (Å²) < 4.78 is 83.1. The van der Waals surface area contributed by atoms with Crippen molar-refractivity contribution >= 4 is 30.1 Å². The van der Waals surface area contributed by atoms with Gasteiger partial charge in [0.25, 0.3) is 0 Å². The van der Waals surface area contributed by atoms with Crippen molar-refractivity contribution in [1.29, 1.82) is 0 Å². The second-order valence-corrected chi connectivity index (χ2v) is 14.1. The van der Waals surface area contributed by atoms with Crippen LogP contribution in [-0.2, 0) is 30.1 Å². The molecule has 0 radical (unpaired) electrons. The SMILES string of the molecule is Cc1ccc(S(=O)(=O)NCCN(CCNS(=O)(=O)c2ccc(C)cc2)S(=O)(=O)c2ccc(C)cc2)cc1.[Na+].[Na+]. The van der Waals surface area contributed by atoms with E-state index in [4.69, 9.17) is 0 Å². The van der Waals surface area contributed by atoms with Gasteiger partial charge in [-0.2, -0.15) is 4.31 Å². The third-order valence-electron chi connectivity index (χ3n) is 5.63. The summed E-state index contributed by atoms with van der Waals surface area (Å²) in [6, 6.07) is 18.8. The predicted octanol–water partition coefficient (Wildman–Crippen LogP) is -3.43. The molecule has 3 rings (SSSR count). The maximum absolute atomic E-state index is 13.3. The zero-order chi connectivity index (χ0) is 27.3. The molecule has 14 heteroatoms. The maximum atomic E-state index is 13.3. The predicted molar refractivity (Wildman–Crippen MR) is 143 cm³/mol. The first-order chi connectivity index (χ1) is 17.3. The quantitative estimate of drug-likeness (QED) is 0.205. The fourth-order valence-corrected chi connectivity index (χ4v) is 6.91. The molecule has 3 aromatic carbocycles. The Morgan fingerprint density at radius 3 is 1.10 bits per heavy atom. The number of sulfonamides is 3. The fraction of sp³-hybridized carbons (Fsp3) is 0.280. The van der Waals surface area contributed by atoms with E-state index in [9.17, 15) is 25.3 Å². The summed E-state index contributed by atoms with van der Waals surface area (Å²) in [5, 5.41) is 0. The van der Waals surface area contributed by atoms with E-state index in [1.807, 2.05) is 20.8 Å². The molecule has 0 aliphatic carbocycles. The molecule has 0 aliphatic rings. The van der Waals surface area contributed by atoms with E-state index in [0.29, 0.717) is 0 Å². The monoisotopic (exact) mass is 611 g/mol. The van der Waals surface area contributed by atoms with Crippen LogP contribution < -0.4 is 68.6 Å². The summed E-state index contributed by atoms with van der Waals surface area (Å²) in [6.07, 6.45) is 0. The van der Waals surface area contributed by atoms with Gasteiger partial charge in [0.1, 0.15) is 0 Å². The molecule has 0 bridgehead atoms. The first kappa shape index (κ1) is 36.4. The molecule has 200 valence electrons. The molecule has 9 nitrogen and oxygen atoms in total. The van der Waals surface area contributed by atoms with Gasteiger partial charge in [0.15, 0.2) is 0 Å². The van der Waals surface area contributed by atoms with Gasteiger partial charge in [-0.25, -0.2) is 34.7 Å². The zero-order valence-corrected chi connectivity index (χ0v) is 29.3. The molecule has 0 aliphatic heterocycles. The van der Waals surface area contributed by atoms with E-state index >= 15 is 0 Å². The van der Waals surface area contributed by atoms with Crippen LogP contribution in [0.2, 0.25) is 0 Å². The van der Waals surface area contributed by atoms with Crippen LogP contribution >= 0.6 is 0 Å². The third kappa shape index (κ3) is 10.3. The Morgan fingerprint density at radius 2 is 0.795 bits per heavy atom. The molecular weight excluding hydrogens is 580 g/mol. The van der Waals surface area contributed by atoms with Gasteiger partial charge >= 0.3 is 59.1 Å². The van der Waals surface area contributed by atoms with Gasteiger partial charge in [0.05, 0.1) is 14.7 Å². The minimum absolute atomic E-state index is 0. The van der Waals surface area contributed by atoms with Crippen molar-refractivity contribution in [1.82, 2.24) is 13.7 Å². The number of hydrogen-bond acceptors (Lipinski definition) is 6. The van der Waals surface area contributed by atoms with Crippen molar-refractivity contribution in [3.8, 4) is 0 Å². The van der Waals surface area contributed by atoms with E-state index in [0.717, 1.165) is 21.0 Å². The smallest absolute Gasteiger partial charge is 0.210 e. The maximum Gasteiger partial charge on any atom is 1.00 e. The Morgan fingerprint density at radius 1 is 0.513 bits per heavy atom. The van der Waals surface area contributed by atoms with Crippen molar-refractivity contribution in [3.05, 3.63) is 89.5 Å². The van der Waals surface area contributed by atoms with Crippen LogP contribution in [0.1, 0.15) is 16.7 Å². The number of nitrogens with one attached hydrogen (secondary N) is 2. The van der Waals surface area contributed by atoms with Crippen molar-refractivity contribution < 1.29 is 84.4 Å². The number of benzene rings is 3. The van der Waals surface area contributed by atoms with Crippen molar-refractivity contribution in [3.63, 3.8) is 0 Å².